The molecule has 0 aliphatic carbocycles. The zero-order chi connectivity index (χ0) is 6.99. The summed E-state index contributed by atoms with van der Waals surface area (Å²) < 4.78 is 0. The van der Waals surface area contributed by atoms with Crippen LogP contribution in [-0.2, 0) is 0 Å². The van der Waals surface area contributed by atoms with Crippen molar-refractivity contribution < 1.29 is 5.48 Å². The Morgan fingerprint density at radius 1 is 1.30 bits per heavy atom. The topological polar surface area (TPSA) is 186 Å². The van der Waals surface area contributed by atoms with Gasteiger partial charge < -0.3 is 17.1 Å². The molecule has 0 atom stereocenters. The molecule has 0 unspecified atom stereocenters. The van der Waals surface area contributed by atoms with Crippen molar-refractivity contribution in [3.05, 3.63) is 0 Å². The fourth-order valence-corrected chi connectivity index (χ4v) is 0.0373. The highest BCUT2D eigenvalue weighted by Crippen LogP contribution is 1.38. The number of nitrogens with two attached hydrogens (primary N) is 5. The van der Waals surface area contributed by atoms with Crippen LogP contribution in [0, 0.1) is 0 Å². The summed E-state index contributed by atoms with van der Waals surface area (Å²) in [5, 5.41) is 2.97. The van der Waals surface area contributed by atoms with Gasteiger partial charge in [0, 0.05) is 0 Å². The van der Waals surface area contributed by atoms with Gasteiger partial charge in [-0.2, -0.15) is 0 Å². The van der Waals surface area contributed by atoms with E-state index in [1.54, 1.807) is 0 Å². The number of guanidine groups is 1. The van der Waals surface area contributed by atoms with Crippen molar-refractivity contribution in [3.63, 3.8) is 0 Å². The molecule has 0 heterocycles. The molecule has 0 aromatic rings. The Labute approximate surface area is 64.4 Å². The molecule has 9 heteroatoms. The van der Waals surface area contributed by atoms with Crippen molar-refractivity contribution in [2.24, 2.45) is 34.2 Å². The van der Waals surface area contributed by atoms with Gasteiger partial charge in [-0.3, -0.25) is 17.1 Å². The molecule has 0 aromatic carbocycles. The van der Waals surface area contributed by atoms with Crippen LogP contribution in [0.1, 0.15) is 0 Å². The molecule has 0 saturated carbocycles. The molecule has 13 N–H and O–H groups in total. The fourth-order valence-electron chi connectivity index (χ4n) is 0.0373. The van der Waals surface area contributed by atoms with Crippen LogP contribution in [0.3, 0.4) is 0 Å². The second kappa shape index (κ2) is 24.1. The predicted octanol–water partition coefficient (Wildman–Crippen LogP) is -3.95. The quantitative estimate of drug-likeness (QED) is 0.0943. The van der Waals surface area contributed by atoms with Crippen LogP contribution in [0.4, 0.5) is 0 Å². The highest BCUT2D eigenvalue weighted by Gasteiger charge is 1.73. The van der Waals surface area contributed by atoms with Gasteiger partial charge in [0.25, 0.3) is 0 Å². The number of nitrogens with one attached hydrogen (secondary N) is 1. The van der Waals surface area contributed by atoms with Crippen molar-refractivity contribution in [1.29, 1.82) is 0 Å². The number of hydrogen-bond acceptors (Lipinski definition) is 5. The molecule has 0 saturated heterocycles. The van der Waals surface area contributed by atoms with Crippen LogP contribution in [0.15, 0.2) is 5.10 Å². The van der Waals surface area contributed by atoms with Gasteiger partial charge in [-0.15, -0.1) is 17.5 Å². The van der Waals surface area contributed by atoms with Crippen molar-refractivity contribution in [2.75, 3.05) is 0 Å². The van der Waals surface area contributed by atoms with E-state index in [0.717, 1.165) is 0 Å². The fraction of sp³-hybridized carbons (Fsp3) is 0. The zero-order valence-electron chi connectivity index (χ0n) is 5.24. The van der Waals surface area contributed by atoms with Gasteiger partial charge in [0.15, 0.2) is 0 Å². The largest absolute Gasteiger partial charge is 0.412 e. The Balaban J connectivity index is -0.0000000412. The first-order valence-electron chi connectivity index (χ1n) is 1.64. The first-order valence-corrected chi connectivity index (χ1v) is 1.64. The van der Waals surface area contributed by atoms with E-state index < -0.39 is 0 Å². The molecule has 66 valence electrons. The van der Waals surface area contributed by atoms with Crippen LogP contribution in [-0.4, -0.2) is 11.4 Å². The summed E-state index contributed by atoms with van der Waals surface area (Å²) in [6.07, 6.45) is 0. The van der Waals surface area contributed by atoms with E-state index >= 15 is 0 Å². The van der Waals surface area contributed by atoms with Crippen molar-refractivity contribution in [1.82, 2.24) is 5.43 Å². The summed E-state index contributed by atoms with van der Waals surface area (Å²) in [6, 6.07) is 0. The third kappa shape index (κ3) is 27.0. The Morgan fingerprint density at radius 3 is 1.60 bits per heavy atom. The molecule has 0 aromatic heterocycles. The summed E-state index contributed by atoms with van der Waals surface area (Å²) in [5.41, 5.74) is 6.88. The van der Waals surface area contributed by atoms with E-state index in [-0.39, 0.29) is 23.8 Å². The summed E-state index contributed by atoms with van der Waals surface area (Å²) in [4.78, 5) is 0. The average Bonchev–Trinajstić information content (AvgIpc) is 1.91. The number of halogens is 1. The molecule has 0 aliphatic heterocycles. The van der Waals surface area contributed by atoms with E-state index in [0.29, 0.717) is 0 Å². The maximum Gasteiger partial charge on any atom is 0.224 e. The summed E-state index contributed by atoms with van der Waals surface area (Å²) >= 11 is 0. The Kier molecular flexibility index (Phi) is 55.1. The van der Waals surface area contributed by atoms with E-state index in [9.17, 15) is 0 Å². The third-order valence-corrected chi connectivity index (χ3v) is 0.287. The van der Waals surface area contributed by atoms with Gasteiger partial charge in [-0.05, 0) is 0 Å². The maximum atomic E-state index is 4.86. The SMILES string of the molecule is Cl.NN.NN=C(N)NN.O. The van der Waals surface area contributed by atoms with Gasteiger partial charge in [-0.25, -0.2) is 5.84 Å². The van der Waals surface area contributed by atoms with Crippen molar-refractivity contribution >= 4 is 18.4 Å². The standard InChI is InChI=1S/CH7N5.ClH.H4N2.H2O/c2-1(5-3)6-4;;1-2;/h3-4H2,(H3,2,5,6);1H;1-2H2;1H2. The minimum Gasteiger partial charge on any atom is -0.412 e. The van der Waals surface area contributed by atoms with Gasteiger partial charge in [0.05, 0.1) is 0 Å². The lowest BCUT2D eigenvalue weighted by Crippen LogP contribution is -2.37. The smallest absolute Gasteiger partial charge is 0.224 e. The van der Waals surface area contributed by atoms with Crippen LogP contribution in [0.2, 0.25) is 0 Å². The summed E-state index contributed by atoms with van der Waals surface area (Å²) in [7, 11) is 0. The molecule has 0 bridgehead atoms. The number of hydrazine groups is 2. The number of hydrogen-bond donors (Lipinski definition) is 6. The second-order valence-electron chi connectivity index (χ2n) is 0.659. The van der Waals surface area contributed by atoms with E-state index in [1.807, 2.05) is 5.43 Å². The van der Waals surface area contributed by atoms with Crippen LogP contribution >= 0.6 is 12.4 Å². The number of rotatable bonds is 0. The highest BCUT2D eigenvalue weighted by atomic mass is 35.5. The molecule has 0 fully saturated rings. The molecule has 0 aliphatic rings. The molecule has 0 radical (unpaired) electrons. The second-order valence-corrected chi connectivity index (χ2v) is 0.659. The lowest BCUT2D eigenvalue weighted by molar-refractivity contribution is 0.824. The summed E-state index contributed by atoms with van der Waals surface area (Å²) in [6.45, 7) is 0. The minimum absolute atomic E-state index is 0. The van der Waals surface area contributed by atoms with Crippen molar-refractivity contribution in [2.45, 2.75) is 0 Å². The van der Waals surface area contributed by atoms with Gasteiger partial charge in [-0.1, -0.05) is 0 Å². The Bertz CT molecular complexity index is 64.6. The van der Waals surface area contributed by atoms with Crippen LogP contribution < -0.4 is 34.5 Å². The number of nitrogens with zero attached hydrogens (tertiary/aromatic N) is 1. The molecule has 0 spiro atoms. The molecular weight excluding hydrogens is 162 g/mol. The molecule has 8 nitrogen and oxygen atoms in total. The van der Waals surface area contributed by atoms with Gasteiger partial charge in [0.2, 0.25) is 5.96 Å². The van der Waals surface area contributed by atoms with Gasteiger partial charge in [0.1, 0.15) is 0 Å². The maximum absolute atomic E-state index is 4.86. The van der Waals surface area contributed by atoms with Crippen LogP contribution in [0.25, 0.3) is 0 Å². The third-order valence-electron chi connectivity index (χ3n) is 0.287. The Morgan fingerprint density at radius 2 is 1.60 bits per heavy atom. The molecule has 0 rings (SSSR count). The van der Waals surface area contributed by atoms with E-state index in [4.69, 9.17) is 11.6 Å². The van der Waals surface area contributed by atoms with Gasteiger partial charge >= 0.3 is 0 Å². The zero-order valence-corrected chi connectivity index (χ0v) is 6.06. The number of hydrazone groups is 1. The molecule has 10 heavy (non-hydrogen) atoms. The summed E-state index contributed by atoms with van der Waals surface area (Å²) in [5.74, 6) is 17.3. The minimum atomic E-state index is 0. The average molecular weight is 176 g/mol. The lowest BCUT2D eigenvalue weighted by Gasteiger charge is -1.89. The van der Waals surface area contributed by atoms with E-state index in [1.165, 1.54) is 0 Å². The van der Waals surface area contributed by atoms with Crippen LogP contribution in [0.5, 0.6) is 0 Å². The highest BCUT2D eigenvalue weighted by molar-refractivity contribution is 5.85. The van der Waals surface area contributed by atoms with Crippen molar-refractivity contribution in [3.8, 4) is 0 Å². The predicted molar refractivity (Wildman–Crippen MR) is 42.4 cm³/mol. The Hall–Kier alpha value is -0.800. The normalized spacial score (nSPS) is 7.30. The first-order chi connectivity index (χ1) is 3.81. The monoisotopic (exact) mass is 175 g/mol. The molecule has 0 amide bonds. The first kappa shape index (κ1) is 22.9. The molecular formula is CH14ClN7O. The lowest BCUT2D eigenvalue weighted by atomic mass is 11.1. The van der Waals surface area contributed by atoms with E-state index in [2.05, 4.69) is 22.6 Å².